The molecule has 0 amide bonds. The molecular weight excluding hydrogens is 200 g/mol. The number of ether oxygens (including phenoxy) is 2. The molecule has 15 heavy (non-hydrogen) atoms. The molecular formula is C10H16O5. The lowest BCUT2D eigenvalue weighted by Gasteiger charge is -2.16. The van der Waals surface area contributed by atoms with Gasteiger partial charge in [-0.15, -0.1) is 0 Å². The third-order valence-corrected chi connectivity index (χ3v) is 2.01. The molecule has 0 radical (unpaired) electrons. The first kappa shape index (κ1) is 13.6. The summed E-state index contributed by atoms with van der Waals surface area (Å²) in [7, 11) is 2.40. The van der Waals surface area contributed by atoms with E-state index in [0.29, 0.717) is 0 Å². The van der Waals surface area contributed by atoms with Crippen LogP contribution in [0.2, 0.25) is 0 Å². The molecule has 1 atom stereocenters. The molecule has 0 aromatic heterocycles. The summed E-state index contributed by atoms with van der Waals surface area (Å²) >= 11 is 0. The van der Waals surface area contributed by atoms with Gasteiger partial charge in [-0.3, -0.25) is 14.4 Å². The monoisotopic (exact) mass is 216 g/mol. The zero-order valence-corrected chi connectivity index (χ0v) is 9.40. The molecule has 0 aliphatic carbocycles. The topological polar surface area (TPSA) is 69.7 Å². The molecule has 0 N–H and O–H groups in total. The van der Waals surface area contributed by atoms with Crippen LogP contribution < -0.4 is 0 Å². The number of hydrogen-bond donors (Lipinski definition) is 0. The fraction of sp³-hybridized carbons (Fsp3) is 0.700. The van der Waals surface area contributed by atoms with Crippen molar-refractivity contribution in [3.63, 3.8) is 0 Å². The number of ketones is 1. The molecule has 5 nitrogen and oxygen atoms in total. The van der Waals surface area contributed by atoms with Gasteiger partial charge in [0.25, 0.3) is 0 Å². The second kappa shape index (κ2) is 6.16. The lowest BCUT2D eigenvalue weighted by atomic mass is 9.90. The summed E-state index contributed by atoms with van der Waals surface area (Å²) in [6.07, 6.45) is -0.394. The van der Waals surface area contributed by atoms with Gasteiger partial charge in [-0.25, -0.2) is 0 Å². The number of esters is 2. The smallest absolute Gasteiger partial charge is 0.316 e. The molecule has 0 aromatic rings. The zero-order valence-electron chi connectivity index (χ0n) is 9.40. The fourth-order valence-electron chi connectivity index (χ4n) is 1.23. The molecule has 0 aliphatic rings. The Balaban J connectivity index is 4.57. The number of Topliss-reactive ketones (excluding diaryl/α,β-unsaturated/α-hetero) is 1. The molecule has 0 fully saturated rings. The minimum absolute atomic E-state index is 0.199. The van der Waals surface area contributed by atoms with Crippen molar-refractivity contribution in [3.05, 3.63) is 0 Å². The van der Waals surface area contributed by atoms with E-state index in [1.54, 1.807) is 13.8 Å². The van der Waals surface area contributed by atoms with Crippen LogP contribution in [-0.4, -0.2) is 31.9 Å². The predicted octanol–water partition coefficient (Wildman–Crippen LogP) is 0.564. The molecule has 86 valence electrons. The average Bonchev–Trinajstić information content (AvgIpc) is 2.16. The third-order valence-electron chi connectivity index (χ3n) is 2.01. The summed E-state index contributed by atoms with van der Waals surface area (Å²) in [5.74, 6) is -2.82. The van der Waals surface area contributed by atoms with Crippen LogP contribution in [0.25, 0.3) is 0 Å². The molecule has 0 bridgehead atoms. The quantitative estimate of drug-likeness (QED) is 0.496. The summed E-state index contributed by atoms with van der Waals surface area (Å²) in [4.78, 5) is 33.7. The van der Waals surface area contributed by atoms with Crippen molar-refractivity contribution in [2.24, 2.45) is 11.8 Å². The molecule has 0 saturated carbocycles. The van der Waals surface area contributed by atoms with E-state index in [1.165, 1.54) is 14.2 Å². The second-order valence-electron chi connectivity index (χ2n) is 3.46. The van der Waals surface area contributed by atoms with Crippen molar-refractivity contribution in [2.45, 2.75) is 20.3 Å². The van der Waals surface area contributed by atoms with E-state index in [-0.39, 0.29) is 5.92 Å². The second-order valence-corrected chi connectivity index (χ2v) is 3.46. The Morgan fingerprint density at radius 3 is 1.93 bits per heavy atom. The highest BCUT2D eigenvalue weighted by Gasteiger charge is 2.31. The summed E-state index contributed by atoms with van der Waals surface area (Å²) < 4.78 is 8.85. The van der Waals surface area contributed by atoms with Gasteiger partial charge in [-0.1, -0.05) is 13.8 Å². The number of carbonyl (C=O) groups is 3. The maximum atomic E-state index is 11.6. The molecule has 0 rings (SSSR count). The lowest BCUT2D eigenvalue weighted by molar-refractivity contribution is -0.153. The Morgan fingerprint density at radius 1 is 1.07 bits per heavy atom. The van der Waals surface area contributed by atoms with Gasteiger partial charge in [-0.05, 0) is 5.92 Å². The predicted molar refractivity (Wildman–Crippen MR) is 52.0 cm³/mol. The van der Waals surface area contributed by atoms with Crippen molar-refractivity contribution >= 4 is 17.7 Å². The Kier molecular flexibility index (Phi) is 5.59. The molecule has 1 unspecified atom stereocenters. The number of methoxy groups -OCH3 is 2. The molecule has 0 aliphatic heterocycles. The average molecular weight is 216 g/mol. The van der Waals surface area contributed by atoms with Gasteiger partial charge in [0.1, 0.15) is 12.3 Å². The minimum Gasteiger partial charge on any atom is -0.469 e. The highest BCUT2D eigenvalue weighted by Crippen LogP contribution is 2.15. The molecule has 0 spiro atoms. The van der Waals surface area contributed by atoms with E-state index in [4.69, 9.17) is 0 Å². The zero-order chi connectivity index (χ0) is 12.0. The fourth-order valence-corrected chi connectivity index (χ4v) is 1.23. The van der Waals surface area contributed by atoms with Crippen LogP contribution in [0.4, 0.5) is 0 Å². The van der Waals surface area contributed by atoms with Crippen molar-refractivity contribution in [3.8, 4) is 0 Å². The Labute approximate surface area is 88.7 Å². The molecule has 5 heteroatoms. The minimum atomic E-state index is -0.894. The maximum absolute atomic E-state index is 11.6. The summed E-state index contributed by atoms with van der Waals surface area (Å²) in [6.45, 7) is 3.44. The van der Waals surface area contributed by atoms with Crippen LogP contribution in [-0.2, 0) is 23.9 Å². The van der Waals surface area contributed by atoms with Crippen LogP contribution in [0.15, 0.2) is 0 Å². The molecule has 0 saturated heterocycles. The summed E-state index contributed by atoms with van der Waals surface area (Å²) in [5, 5.41) is 0. The first-order valence-corrected chi connectivity index (χ1v) is 4.61. The van der Waals surface area contributed by atoms with Gasteiger partial charge >= 0.3 is 11.9 Å². The van der Waals surface area contributed by atoms with Crippen LogP contribution >= 0.6 is 0 Å². The van der Waals surface area contributed by atoms with E-state index >= 15 is 0 Å². The SMILES string of the molecule is COC(=O)CC(=O)C(C(=O)OC)C(C)C. The van der Waals surface area contributed by atoms with Crippen molar-refractivity contribution < 1.29 is 23.9 Å². The maximum Gasteiger partial charge on any atom is 0.316 e. The van der Waals surface area contributed by atoms with Crippen LogP contribution in [0, 0.1) is 11.8 Å². The van der Waals surface area contributed by atoms with E-state index < -0.39 is 30.1 Å². The molecule has 0 heterocycles. The number of carbonyl (C=O) groups excluding carboxylic acids is 3. The largest absolute Gasteiger partial charge is 0.469 e. The summed E-state index contributed by atoms with van der Waals surface area (Å²) in [5.41, 5.74) is 0. The first-order chi connectivity index (χ1) is 6.93. The van der Waals surface area contributed by atoms with E-state index in [1.807, 2.05) is 0 Å². The Morgan fingerprint density at radius 2 is 1.60 bits per heavy atom. The highest BCUT2D eigenvalue weighted by molar-refractivity contribution is 6.06. The Bertz CT molecular complexity index is 257. The normalized spacial score (nSPS) is 12.1. The van der Waals surface area contributed by atoms with Crippen LogP contribution in [0.5, 0.6) is 0 Å². The van der Waals surface area contributed by atoms with Gasteiger partial charge in [0.15, 0.2) is 5.78 Å². The Hall–Kier alpha value is -1.39. The third kappa shape index (κ3) is 4.10. The van der Waals surface area contributed by atoms with Crippen molar-refractivity contribution in [1.82, 2.24) is 0 Å². The van der Waals surface area contributed by atoms with Gasteiger partial charge in [0.2, 0.25) is 0 Å². The molecule has 0 aromatic carbocycles. The number of rotatable bonds is 5. The van der Waals surface area contributed by atoms with Gasteiger partial charge < -0.3 is 9.47 Å². The summed E-state index contributed by atoms with van der Waals surface area (Å²) in [6, 6.07) is 0. The first-order valence-electron chi connectivity index (χ1n) is 4.61. The number of hydrogen-bond acceptors (Lipinski definition) is 5. The lowest BCUT2D eigenvalue weighted by Crippen LogP contribution is -2.31. The van der Waals surface area contributed by atoms with E-state index in [2.05, 4.69) is 9.47 Å². The van der Waals surface area contributed by atoms with E-state index in [9.17, 15) is 14.4 Å². The van der Waals surface area contributed by atoms with Crippen LogP contribution in [0.3, 0.4) is 0 Å². The van der Waals surface area contributed by atoms with Gasteiger partial charge in [0, 0.05) is 0 Å². The highest BCUT2D eigenvalue weighted by atomic mass is 16.5. The van der Waals surface area contributed by atoms with E-state index in [0.717, 1.165) is 0 Å². The van der Waals surface area contributed by atoms with Crippen molar-refractivity contribution in [2.75, 3.05) is 14.2 Å². The van der Waals surface area contributed by atoms with Crippen molar-refractivity contribution in [1.29, 1.82) is 0 Å². The van der Waals surface area contributed by atoms with Crippen LogP contribution in [0.1, 0.15) is 20.3 Å². The standard InChI is InChI=1S/C10H16O5/c1-6(2)9(10(13)15-4)7(11)5-8(12)14-3/h6,9H,5H2,1-4H3. The van der Waals surface area contributed by atoms with Gasteiger partial charge in [0.05, 0.1) is 14.2 Å². The van der Waals surface area contributed by atoms with Gasteiger partial charge in [-0.2, -0.15) is 0 Å².